The Bertz CT molecular complexity index is 737. The van der Waals surface area contributed by atoms with E-state index in [4.69, 9.17) is 5.73 Å². The van der Waals surface area contributed by atoms with Crippen molar-refractivity contribution in [3.63, 3.8) is 0 Å². The number of anilines is 1. The maximum Gasteiger partial charge on any atom is 0.261 e. The second kappa shape index (κ2) is 5.78. The molecule has 20 heavy (non-hydrogen) atoms. The average molecular weight is 313 g/mol. The molecule has 8 heteroatoms. The number of carbonyl (C=O) groups excluding carboxylic acids is 1. The fraction of sp³-hybridized carbons (Fsp3) is 0.250. The maximum atomic E-state index is 11.9. The van der Waals surface area contributed by atoms with Gasteiger partial charge in [0.25, 0.3) is 5.91 Å². The van der Waals surface area contributed by atoms with Gasteiger partial charge in [0.05, 0.1) is 11.1 Å². The first-order valence-corrected chi connectivity index (χ1v) is 8.58. The molecule has 0 spiro atoms. The lowest BCUT2D eigenvalue weighted by molar-refractivity contribution is 0.0958. The molecule has 0 aliphatic rings. The van der Waals surface area contributed by atoms with E-state index >= 15 is 0 Å². The van der Waals surface area contributed by atoms with Crippen molar-refractivity contribution in [3.05, 3.63) is 29.1 Å². The highest BCUT2D eigenvalue weighted by Gasteiger charge is 2.10. The Morgan fingerprint density at radius 3 is 2.75 bits per heavy atom. The first-order chi connectivity index (χ1) is 9.35. The number of amides is 1. The predicted octanol–water partition coefficient (Wildman–Crippen LogP) is 0.763. The summed E-state index contributed by atoms with van der Waals surface area (Å²) in [6.07, 6.45) is 1.07. The van der Waals surface area contributed by atoms with Crippen LogP contribution in [0.25, 0.3) is 10.1 Å². The lowest BCUT2D eigenvalue weighted by Crippen LogP contribution is -2.33. The van der Waals surface area contributed by atoms with Crippen LogP contribution in [0, 0.1) is 0 Å². The van der Waals surface area contributed by atoms with Gasteiger partial charge in [-0.1, -0.05) is 0 Å². The van der Waals surface area contributed by atoms with E-state index in [0.29, 0.717) is 10.6 Å². The lowest BCUT2D eigenvalue weighted by atomic mass is 10.2. The van der Waals surface area contributed by atoms with Crippen molar-refractivity contribution in [2.24, 2.45) is 0 Å². The Balaban J connectivity index is 1.97. The highest BCUT2D eigenvalue weighted by atomic mass is 32.2. The smallest absolute Gasteiger partial charge is 0.261 e. The molecule has 1 amide bonds. The number of carbonyl (C=O) groups is 1. The van der Waals surface area contributed by atoms with E-state index in [2.05, 4.69) is 10.0 Å². The van der Waals surface area contributed by atoms with Crippen molar-refractivity contribution in [3.8, 4) is 0 Å². The Kier molecular flexibility index (Phi) is 4.26. The summed E-state index contributed by atoms with van der Waals surface area (Å²) >= 11 is 1.37. The number of benzene rings is 1. The summed E-state index contributed by atoms with van der Waals surface area (Å²) in [5.41, 5.74) is 6.34. The molecule has 0 atom stereocenters. The number of hydrogen-bond acceptors (Lipinski definition) is 5. The standard InChI is InChI=1S/C12H15N3O3S2/c1-20(17,18)15-5-4-14-12(16)11-7-8-6-9(13)2-3-10(8)19-11/h2-3,6-7,15H,4-5,13H2,1H3,(H,14,16). The summed E-state index contributed by atoms with van der Waals surface area (Å²) in [5, 5.41) is 3.59. The van der Waals surface area contributed by atoms with E-state index in [9.17, 15) is 13.2 Å². The van der Waals surface area contributed by atoms with Gasteiger partial charge < -0.3 is 11.1 Å². The van der Waals surface area contributed by atoms with Crippen molar-refractivity contribution in [2.75, 3.05) is 25.1 Å². The zero-order valence-corrected chi connectivity index (χ0v) is 12.5. The zero-order valence-electron chi connectivity index (χ0n) is 10.8. The molecule has 4 N–H and O–H groups in total. The van der Waals surface area contributed by atoms with Crippen LogP contribution < -0.4 is 15.8 Å². The molecule has 2 rings (SSSR count). The van der Waals surface area contributed by atoms with Crippen LogP contribution in [-0.4, -0.2) is 33.7 Å². The van der Waals surface area contributed by atoms with Crippen LogP contribution in [0.2, 0.25) is 0 Å². The van der Waals surface area contributed by atoms with Gasteiger partial charge >= 0.3 is 0 Å². The van der Waals surface area contributed by atoms with Crippen LogP contribution in [0.4, 0.5) is 5.69 Å². The van der Waals surface area contributed by atoms with E-state index < -0.39 is 10.0 Å². The van der Waals surface area contributed by atoms with Gasteiger partial charge in [0, 0.05) is 23.5 Å². The Hall–Kier alpha value is -1.64. The number of fused-ring (bicyclic) bond motifs is 1. The molecule has 1 heterocycles. The van der Waals surface area contributed by atoms with Crippen molar-refractivity contribution < 1.29 is 13.2 Å². The van der Waals surface area contributed by atoms with Crippen LogP contribution in [0.15, 0.2) is 24.3 Å². The van der Waals surface area contributed by atoms with Gasteiger partial charge in [0.15, 0.2) is 0 Å². The molecule has 1 aromatic carbocycles. The second-order valence-electron chi connectivity index (χ2n) is 4.33. The van der Waals surface area contributed by atoms with Crippen LogP contribution >= 0.6 is 11.3 Å². The van der Waals surface area contributed by atoms with Crippen molar-refractivity contribution in [1.82, 2.24) is 10.0 Å². The number of nitrogens with one attached hydrogen (secondary N) is 2. The lowest BCUT2D eigenvalue weighted by Gasteiger charge is -2.03. The van der Waals surface area contributed by atoms with E-state index in [-0.39, 0.29) is 19.0 Å². The fourth-order valence-electron chi connectivity index (χ4n) is 1.67. The molecule has 0 aliphatic carbocycles. The minimum Gasteiger partial charge on any atom is -0.399 e. The van der Waals surface area contributed by atoms with Crippen molar-refractivity contribution >= 4 is 43.0 Å². The molecular formula is C12H15N3O3S2. The van der Waals surface area contributed by atoms with Gasteiger partial charge in [-0.05, 0) is 29.7 Å². The molecule has 0 fully saturated rings. The molecule has 0 unspecified atom stereocenters. The third-order valence-corrected chi connectivity index (χ3v) is 4.38. The zero-order chi connectivity index (χ0) is 14.8. The van der Waals surface area contributed by atoms with Crippen molar-refractivity contribution in [1.29, 1.82) is 0 Å². The van der Waals surface area contributed by atoms with Gasteiger partial charge in [-0.15, -0.1) is 11.3 Å². The van der Waals surface area contributed by atoms with E-state index in [1.807, 2.05) is 12.1 Å². The topological polar surface area (TPSA) is 101 Å². The normalized spacial score (nSPS) is 11.7. The molecule has 0 aliphatic heterocycles. The number of nitrogen functional groups attached to an aromatic ring is 1. The summed E-state index contributed by atoms with van der Waals surface area (Å²) in [5.74, 6) is -0.222. The van der Waals surface area contributed by atoms with Gasteiger partial charge in [-0.3, -0.25) is 4.79 Å². The molecule has 6 nitrogen and oxygen atoms in total. The van der Waals surface area contributed by atoms with Gasteiger partial charge in [-0.25, -0.2) is 13.1 Å². The molecule has 0 bridgehead atoms. The number of thiophene rings is 1. The molecule has 2 aromatic rings. The quantitative estimate of drug-likeness (QED) is 0.560. The predicted molar refractivity (Wildman–Crippen MR) is 81.4 cm³/mol. The summed E-state index contributed by atoms with van der Waals surface area (Å²) in [7, 11) is -3.22. The van der Waals surface area contributed by atoms with Gasteiger partial charge in [-0.2, -0.15) is 0 Å². The number of nitrogens with two attached hydrogens (primary N) is 1. The van der Waals surface area contributed by atoms with E-state index in [0.717, 1.165) is 16.3 Å². The molecular weight excluding hydrogens is 298 g/mol. The Labute approximate surface area is 121 Å². The number of hydrogen-bond donors (Lipinski definition) is 3. The average Bonchev–Trinajstić information content (AvgIpc) is 2.76. The third kappa shape index (κ3) is 3.92. The molecule has 1 aromatic heterocycles. The van der Waals surface area contributed by atoms with Crippen LogP contribution in [0.1, 0.15) is 9.67 Å². The summed E-state index contributed by atoms with van der Waals surface area (Å²) < 4.78 is 25.0. The molecule has 0 saturated carbocycles. The minimum atomic E-state index is -3.22. The third-order valence-electron chi connectivity index (χ3n) is 2.54. The van der Waals surface area contributed by atoms with E-state index in [1.54, 1.807) is 12.1 Å². The SMILES string of the molecule is CS(=O)(=O)NCCNC(=O)c1cc2cc(N)ccc2s1. The summed E-state index contributed by atoms with van der Waals surface area (Å²) in [6, 6.07) is 7.25. The van der Waals surface area contributed by atoms with Crippen molar-refractivity contribution in [2.45, 2.75) is 0 Å². The Morgan fingerprint density at radius 1 is 1.30 bits per heavy atom. The first kappa shape index (κ1) is 14.8. The minimum absolute atomic E-state index is 0.169. The number of rotatable bonds is 5. The second-order valence-corrected chi connectivity index (χ2v) is 7.25. The maximum absolute atomic E-state index is 11.9. The first-order valence-electron chi connectivity index (χ1n) is 5.87. The van der Waals surface area contributed by atoms with Gasteiger partial charge in [0.2, 0.25) is 10.0 Å². The summed E-state index contributed by atoms with van der Waals surface area (Å²) in [6.45, 7) is 0.407. The van der Waals surface area contributed by atoms with Crippen LogP contribution in [0.5, 0.6) is 0 Å². The van der Waals surface area contributed by atoms with E-state index in [1.165, 1.54) is 11.3 Å². The fourth-order valence-corrected chi connectivity index (χ4v) is 3.11. The molecule has 0 saturated heterocycles. The highest BCUT2D eigenvalue weighted by Crippen LogP contribution is 2.27. The molecule has 0 radical (unpaired) electrons. The number of sulfonamides is 1. The summed E-state index contributed by atoms with van der Waals surface area (Å²) in [4.78, 5) is 12.5. The Morgan fingerprint density at radius 2 is 2.05 bits per heavy atom. The largest absolute Gasteiger partial charge is 0.399 e. The molecule has 108 valence electrons. The monoisotopic (exact) mass is 313 g/mol. The van der Waals surface area contributed by atoms with Crippen LogP contribution in [-0.2, 0) is 10.0 Å². The van der Waals surface area contributed by atoms with Crippen LogP contribution in [0.3, 0.4) is 0 Å². The van der Waals surface area contributed by atoms with Gasteiger partial charge in [0.1, 0.15) is 0 Å². The highest BCUT2D eigenvalue weighted by molar-refractivity contribution is 7.88.